The molecule has 1 heterocycles. The highest BCUT2D eigenvalue weighted by molar-refractivity contribution is 6.33. The van der Waals surface area contributed by atoms with Gasteiger partial charge in [0.2, 0.25) is 0 Å². The van der Waals surface area contributed by atoms with Crippen LogP contribution in [-0.2, 0) is 4.79 Å². The van der Waals surface area contributed by atoms with Crippen LogP contribution >= 0.6 is 11.6 Å². The number of nitro groups is 1. The number of halogens is 1. The van der Waals surface area contributed by atoms with Gasteiger partial charge in [-0.05, 0) is 32.3 Å². The van der Waals surface area contributed by atoms with Gasteiger partial charge in [0, 0.05) is 12.1 Å². The van der Waals surface area contributed by atoms with Crippen LogP contribution in [0.15, 0.2) is 18.2 Å². The number of nitrogens with zero attached hydrogens (tertiary/aromatic N) is 1. The Balaban J connectivity index is 1.97. The van der Waals surface area contributed by atoms with Crippen molar-refractivity contribution in [2.75, 3.05) is 18.4 Å². The molecule has 2 N–H and O–H groups in total. The number of piperidine rings is 1. The van der Waals surface area contributed by atoms with Gasteiger partial charge < -0.3 is 10.2 Å². The zero-order valence-corrected chi connectivity index (χ0v) is 12.7. The van der Waals surface area contributed by atoms with Crippen molar-refractivity contribution in [1.29, 1.82) is 0 Å². The second-order valence-electron chi connectivity index (χ2n) is 5.45. The molecular weight excluding hydrogens is 294 g/mol. The van der Waals surface area contributed by atoms with E-state index in [1.807, 2.05) is 0 Å². The van der Waals surface area contributed by atoms with Crippen molar-refractivity contribution in [3.63, 3.8) is 0 Å². The van der Waals surface area contributed by atoms with Crippen molar-refractivity contribution in [1.82, 2.24) is 0 Å². The minimum Gasteiger partial charge on any atom is -0.325 e. The molecule has 7 heteroatoms. The molecule has 1 aliphatic heterocycles. The third-order valence-electron chi connectivity index (χ3n) is 3.91. The Morgan fingerprint density at radius 1 is 1.52 bits per heavy atom. The molecule has 1 aliphatic rings. The number of carbonyl (C=O) groups excluding carboxylic acids is 1. The summed E-state index contributed by atoms with van der Waals surface area (Å²) in [4.78, 5) is 23.5. The number of quaternary nitrogens is 1. The van der Waals surface area contributed by atoms with Crippen molar-refractivity contribution < 1.29 is 14.6 Å². The van der Waals surface area contributed by atoms with Crippen LogP contribution < -0.4 is 10.2 Å². The topological polar surface area (TPSA) is 76.7 Å². The van der Waals surface area contributed by atoms with Crippen molar-refractivity contribution >= 4 is 28.9 Å². The molecule has 0 bridgehead atoms. The molecule has 114 valence electrons. The van der Waals surface area contributed by atoms with E-state index in [0.29, 0.717) is 18.3 Å². The van der Waals surface area contributed by atoms with Gasteiger partial charge in [-0.15, -0.1) is 0 Å². The van der Waals surface area contributed by atoms with Crippen molar-refractivity contribution in [2.45, 2.75) is 32.2 Å². The highest BCUT2D eigenvalue weighted by Gasteiger charge is 2.24. The molecule has 1 unspecified atom stereocenters. The lowest BCUT2D eigenvalue weighted by Crippen LogP contribution is -3.17. The van der Waals surface area contributed by atoms with Crippen LogP contribution in [0.25, 0.3) is 0 Å². The van der Waals surface area contributed by atoms with Crippen LogP contribution in [0, 0.1) is 10.1 Å². The van der Waals surface area contributed by atoms with E-state index in [-0.39, 0.29) is 16.6 Å². The molecule has 0 spiro atoms. The quantitative estimate of drug-likeness (QED) is 0.655. The Hall–Kier alpha value is -1.66. The number of nitro benzene ring substituents is 1. The van der Waals surface area contributed by atoms with E-state index in [2.05, 4.69) is 12.2 Å². The molecule has 21 heavy (non-hydrogen) atoms. The molecule has 0 radical (unpaired) electrons. The van der Waals surface area contributed by atoms with E-state index in [4.69, 9.17) is 11.6 Å². The molecule has 6 nitrogen and oxygen atoms in total. The Kier molecular flexibility index (Phi) is 5.14. The predicted molar refractivity (Wildman–Crippen MR) is 80.7 cm³/mol. The summed E-state index contributed by atoms with van der Waals surface area (Å²) >= 11 is 5.96. The molecule has 2 rings (SSSR count). The summed E-state index contributed by atoms with van der Waals surface area (Å²) in [5.41, 5.74) is 0.324. The molecule has 0 aliphatic carbocycles. The molecule has 1 fully saturated rings. The van der Waals surface area contributed by atoms with Crippen molar-refractivity contribution in [3.05, 3.63) is 33.3 Å². The number of hydrogen-bond donors (Lipinski definition) is 2. The lowest BCUT2D eigenvalue weighted by molar-refractivity contribution is -0.920. The van der Waals surface area contributed by atoms with Gasteiger partial charge in [-0.2, -0.15) is 0 Å². The van der Waals surface area contributed by atoms with Crippen LogP contribution in [0.5, 0.6) is 0 Å². The number of nitrogens with one attached hydrogen (secondary N) is 2. The Morgan fingerprint density at radius 2 is 2.29 bits per heavy atom. The summed E-state index contributed by atoms with van der Waals surface area (Å²) in [6.45, 7) is 3.55. The number of benzene rings is 1. The van der Waals surface area contributed by atoms with Crippen LogP contribution in [0.1, 0.15) is 26.2 Å². The van der Waals surface area contributed by atoms with Crippen LogP contribution in [0.2, 0.25) is 5.02 Å². The summed E-state index contributed by atoms with van der Waals surface area (Å²) in [7, 11) is 0. The number of carbonyl (C=O) groups is 1. The second kappa shape index (κ2) is 6.87. The summed E-state index contributed by atoms with van der Waals surface area (Å²) in [6.07, 6.45) is 3.51. The van der Waals surface area contributed by atoms with Crippen LogP contribution in [-0.4, -0.2) is 30.0 Å². The maximum atomic E-state index is 12.1. The highest BCUT2D eigenvalue weighted by atomic mass is 35.5. The van der Waals surface area contributed by atoms with Gasteiger partial charge >= 0.3 is 0 Å². The zero-order chi connectivity index (χ0) is 15.4. The lowest BCUT2D eigenvalue weighted by Gasteiger charge is -2.29. The van der Waals surface area contributed by atoms with Gasteiger partial charge in [-0.1, -0.05) is 11.6 Å². The zero-order valence-electron chi connectivity index (χ0n) is 11.9. The molecule has 1 aromatic carbocycles. The minimum absolute atomic E-state index is 0.0896. The van der Waals surface area contributed by atoms with E-state index < -0.39 is 4.92 Å². The number of amides is 1. The average molecular weight is 313 g/mol. The Labute approximate surface area is 128 Å². The van der Waals surface area contributed by atoms with E-state index in [9.17, 15) is 14.9 Å². The number of anilines is 1. The fraction of sp³-hybridized carbons (Fsp3) is 0.500. The number of likely N-dealkylation sites (tertiary alicyclic amines) is 1. The van der Waals surface area contributed by atoms with Gasteiger partial charge in [0.05, 0.1) is 28.2 Å². The largest absolute Gasteiger partial charge is 0.325 e. The van der Waals surface area contributed by atoms with Gasteiger partial charge in [0.1, 0.15) is 0 Å². The fourth-order valence-electron chi connectivity index (χ4n) is 2.64. The molecular formula is C14H19ClN3O3+. The molecule has 1 saturated heterocycles. The van der Waals surface area contributed by atoms with Crippen molar-refractivity contribution in [2.24, 2.45) is 0 Å². The van der Waals surface area contributed by atoms with E-state index in [1.165, 1.54) is 29.5 Å². The Bertz CT molecular complexity index is 550. The standard InChI is InChI=1S/C14H18ClN3O3/c1-10-4-2-3-7-17(10)9-14(19)16-13-6-5-11(18(20)21)8-12(13)15/h5-6,8,10H,2-4,7,9H2,1H3,(H,16,19)/p+1/t10-/m1/s1. The third-order valence-corrected chi connectivity index (χ3v) is 4.22. The van der Waals surface area contributed by atoms with Crippen LogP contribution in [0.3, 0.4) is 0 Å². The van der Waals surface area contributed by atoms with E-state index in [1.54, 1.807) is 0 Å². The monoisotopic (exact) mass is 312 g/mol. The molecule has 1 amide bonds. The van der Waals surface area contributed by atoms with Crippen LogP contribution in [0.4, 0.5) is 11.4 Å². The SMILES string of the molecule is C[C@@H]1CCCC[NH+]1CC(=O)Nc1ccc([N+](=O)[O-])cc1Cl. The second-order valence-corrected chi connectivity index (χ2v) is 5.86. The maximum Gasteiger partial charge on any atom is 0.279 e. The van der Waals surface area contributed by atoms with Gasteiger partial charge in [0.15, 0.2) is 6.54 Å². The molecule has 1 aromatic rings. The number of rotatable bonds is 4. The van der Waals surface area contributed by atoms with Gasteiger partial charge in [0.25, 0.3) is 11.6 Å². The Morgan fingerprint density at radius 3 is 2.90 bits per heavy atom. The summed E-state index contributed by atoms with van der Waals surface area (Å²) in [6, 6.07) is 4.52. The highest BCUT2D eigenvalue weighted by Crippen LogP contribution is 2.26. The molecule has 0 aromatic heterocycles. The first-order valence-electron chi connectivity index (χ1n) is 7.05. The normalized spacial score (nSPS) is 21.8. The first-order valence-corrected chi connectivity index (χ1v) is 7.43. The van der Waals surface area contributed by atoms with Gasteiger partial charge in [-0.25, -0.2) is 0 Å². The molecule has 2 atom stereocenters. The third kappa shape index (κ3) is 4.15. The number of hydrogen-bond acceptors (Lipinski definition) is 3. The first-order chi connectivity index (χ1) is 9.97. The lowest BCUT2D eigenvalue weighted by atomic mass is 10.0. The van der Waals surface area contributed by atoms with E-state index >= 15 is 0 Å². The van der Waals surface area contributed by atoms with Gasteiger partial charge in [-0.3, -0.25) is 14.9 Å². The van der Waals surface area contributed by atoms with Crippen molar-refractivity contribution in [3.8, 4) is 0 Å². The average Bonchev–Trinajstić information content (AvgIpc) is 2.43. The number of non-ortho nitro benzene ring substituents is 1. The summed E-state index contributed by atoms with van der Waals surface area (Å²) < 4.78 is 0. The summed E-state index contributed by atoms with van der Waals surface area (Å²) in [5.74, 6) is -0.116. The molecule has 0 saturated carbocycles. The van der Waals surface area contributed by atoms with E-state index in [0.717, 1.165) is 19.4 Å². The maximum absolute atomic E-state index is 12.1. The summed E-state index contributed by atoms with van der Waals surface area (Å²) in [5, 5.41) is 13.6. The first kappa shape index (κ1) is 15.7. The smallest absolute Gasteiger partial charge is 0.279 e. The fourth-order valence-corrected chi connectivity index (χ4v) is 2.86. The predicted octanol–water partition coefficient (Wildman–Crippen LogP) is 1.64. The minimum atomic E-state index is -0.517.